The molecule has 0 bridgehead atoms. The smallest absolute Gasteiger partial charge is 0.0104 e. The van der Waals surface area contributed by atoms with Crippen molar-refractivity contribution in [3.8, 4) is 0 Å². The first-order valence-corrected chi connectivity index (χ1v) is 16.5. The van der Waals surface area contributed by atoms with Crippen LogP contribution in [0.5, 0.6) is 0 Å². The molecule has 0 saturated heterocycles. The van der Waals surface area contributed by atoms with Gasteiger partial charge in [-0.2, -0.15) is 0 Å². The van der Waals surface area contributed by atoms with E-state index in [4.69, 9.17) is 0 Å². The van der Waals surface area contributed by atoms with Crippen molar-refractivity contribution in [1.82, 2.24) is 0 Å². The molecule has 0 aromatic heterocycles. The van der Waals surface area contributed by atoms with Gasteiger partial charge in [-0.1, -0.05) is 71.8 Å². The van der Waals surface area contributed by atoms with Gasteiger partial charge in [-0.15, -0.1) is 0 Å². The lowest BCUT2D eigenvalue weighted by molar-refractivity contribution is 1.39. The zero-order valence-electron chi connectivity index (χ0n) is 10.3. The SMILES string of the molecule is c1ccc(C[SiH2][SiH2][SiH2]Cc2ccccc2)cc1. The molecule has 0 fully saturated rings. The Morgan fingerprint density at radius 2 is 1.00 bits per heavy atom. The largest absolute Gasteiger partial charge is 0.0622 e. The summed E-state index contributed by atoms with van der Waals surface area (Å²) in [5.41, 5.74) is 3.17. The number of benzene rings is 2. The van der Waals surface area contributed by atoms with Crippen molar-refractivity contribution in [2.45, 2.75) is 12.1 Å². The van der Waals surface area contributed by atoms with Crippen LogP contribution in [0.2, 0.25) is 0 Å². The topological polar surface area (TPSA) is 0 Å². The van der Waals surface area contributed by atoms with Crippen LogP contribution in [0.1, 0.15) is 11.1 Å². The summed E-state index contributed by atoms with van der Waals surface area (Å²) in [6, 6.07) is 25.0. The number of hydrogen-bond acceptors (Lipinski definition) is 0. The molecule has 3 heteroatoms. The highest BCUT2D eigenvalue weighted by Crippen LogP contribution is 1.99. The van der Waals surface area contributed by atoms with E-state index >= 15 is 0 Å². The van der Waals surface area contributed by atoms with Gasteiger partial charge in [-0.3, -0.25) is 0 Å². The Balaban J connectivity index is 1.61. The molecule has 0 N–H and O–H groups in total. The Kier molecular flexibility index (Phi) is 5.48. The third-order valence-corrected chi connectivity index (χ3v) is 20.1. The predicted molar refractivity (Wildman–Crippen MR) is 85.9 cm³/mol. The second kappa shape index (κ2) is 7.42. The van der Waals surface area contributed by atoms with Crippen molar-refractivity contribution in [2.24, 2.45) is 0 Å². The molecule has 0 aliphatic carbocycles. The highest BCUT2D eigenvalue weighted by Gasteiger charge is 1.96. The van der Waals surface area contributed by atoms with E-state index in [-0.39, 0.29) is 0 Å². The maximum Gasteiger partial charge on any atom is 0.0104 e. The maximum atomic E-state index is 2.29. The molecule has 2 aromatic rings. The van der Waals surface area contributed by atoms with Gasteiger partial charge in [-0.25, -0.2) is 0 Å². The number of hydrogen-bond donors (Lipinski definition) is 0. The van der Waals surface area contributed by atoms with Gasteiger partial charge in [0.25, 0.3) is 0 Å². The molecule has 2 rings (SSSR count). The van der Waals surface area contributed by atoms with E-state index in [0.29, 0.717) is 26.6 Å². The molecular formula is C14H20Si3. The van der Waals surface area contributed by atoms with Gasteiger partial charge in [0, 0.05) is 18.1 Å². The number of rotatable bonds is 6. The molecule has 0 radical (unpaired) electrons. The van der Waals surface area contributed by atoms with Crippen LogP contribution in [0.25, 0.3) is 0 Å². The molecule has 0 saturated carbocycles. The normalized spacial score (nSPS) is 12.5. The standard InChI is InChI=1S/C14H20Si3/c1-3-7-13(8-4-1)11-15-17-16-12-14-9-5-2-6-10-14/h1-10H,11-12,15-17H2. The molecule has 17 heavy (non-hydrogen) atoms. The van der Waals surface area contributed by atoms with Crippen LogP contribution in [-0.4, -0.2) is 26.6 Å². The van der Waals surface area contributed by atoms with Gasteiger partial charge >= 0.3 is 0 Å². The van der Waals surface area contributed by atoms with E-state index in [0.717, 1.165) is 0 Å². The van der Waals surface area contributed by atoms with Crippen molar-refractivity contribution < 1.29 is 0 Å². The fourth-order valence-corrected chi connectivity index (χ4v) is 17.2. The average Bonchev–Trinajstić information content (AvgIpc) is 2.41. The summed E-state index contributed by atoms with van der Waals surface area (Å²) in [5.74, 6) is 0. The predicted octanol–water partition coefficient (Wildman–Crippen LogP) is 0.723. The summed E-state index contributed by atoms with van der Waals surface area (Å²) in [6.45, 7) is 0. The van der Waals surface area contributed by atoms with E-state index in [9.17, 15) is 0 Å². The molecule has 2 aromatic carbocycles. The summed E-state index contributed by atoms with van der Waals surface area (Å²) < 4.78 is 0. The first kappa shape index (κ1) is 12.5. The molecule has 0 aliphatic heterocycles. The van der Waals surface area contributed by atoms with Gasteiger partial charge in [0.1, 0.15) is 0 Å². The summed E-state index contributed by atoms with van der Waals surface area (Å²) >= 11 is 0. The van der Waals surface area contributed by atoms with Crippen LogP contribution >= 0.6 is 0 Å². The van der Waals surface area contributed by atoms with Crippen LogP contribution < -0.4 is 0 Å². The summed E-state index contributed by atoms with van der Waals surface area (Å²) in [6.07, 6.45) is 0. The zero-order chi connectivity index (χ0) is 11.8. The van der Waals surface area contributed by atoms with E-state index < -0.39 is 0 Å². The molecule has 0 amide bonds. The summed E-state index contributed by atoms with van der Waals surface area (Å²) in [4.78, 5) is 0. The quantitative estimate of drug-likeness (QED) is 0.537. The van der Waals surface area contributed by atoms with Crippen molar-refractivity contribution in [2.75, 3.05) is 0 Å². The first-order valence-electron chi connectivity index (χ1n) is 6.53. The lowest BCUT2D eigenvalue weighted by Gasteiger charge is -2.01. The second-order valence-corrected chi connectivity index (χ2v) is 20.4. The molecule has 0 nitrogen and oxygen atoms in total. The van der Waals surface area contributed by atoms with Crippen LogP contribution in [0.4, 0.5) is 0 Å². The van der Waals surface area contributed by atoms with Crippen LogP contribution in [0.15, 0.2) is 60.7 Å². The van der Waals surface area contributed by atoms with Gasteiger partial charge in [-0.05, 0) is 20.6 Å². The van der Waals surface area contributed by atoms with Crippen LogP contribution in [-0.2, 0) is 12.1 Å². The average molecular weight is 273 g/mol. The van der Waals surface area contributed by atoms with Crippen LogP contribution in [0.3, 0.4) is 0 Å². The molecular weight excluding hydrogens is 252 g/mol. The van der Waals surface area contributed by atoms with Crippen molar-refractivity contribution >= 4 is 26.6 Å². The van der Waals surface area contributed by atoms with E-state index in [1.165, 1.54) is 12.1 Å². The lowest BCUT2D eigenvalue weighted by Crippen LogP contribution is -2.17. The van der Waals surface area contributed by atoms with Gasteiger partial charge in [0.05, 0.1) is 0 Å². The van der Waals surface area contributed by atoms with E-state index in [1.807, 2.05) is 0 Å². The monoisotopic (exact) mass is 272 g/mol. The molecule has 0 spiro atoms. The Bertz CT molecular complexity index is 372. The van der Waals surface area contributed by atoms with Crippen molar-refractivity contribution in [3.05, 3.63) is 71.8 Å². The minimum Gasteiger partial charge on any atom is -0.0622 e. The molecule has 0 heterocycles. The van der Waals surface area contributed by atoms with E-state index in [1.54, 1.807) is 11.1 Å². The summed E-state index contributed by atoms with van der Waals surface area (Å²) in [7, 11) is 0.997. The maximum absolute atomic E-state index is 2.29. The van der Waals surface area contributed by atoms with Gasteiger partial charge in [0.15, 0.2) is 0 Å². The Hall–Kier alpha value is -0.909. The fourth-order valence-electron chi connectivity index (χ4n) is 2.12. The fraction of sp³-hybridized carbons (Fsp3) is 0.143. The van der Waals surface area contributed by atoms with Gasteiger partial charge < -0.3 is 0 Å². The van der Waals surface area contributed by atoms with Gasteiger partial charge in [0.2, 0.25) is 0 Å². The first-order chi connectivity index (χ1) is 8.45. The Labute approximate surface area is 111 Å². The molecule has 88 valence electrons. The lowest BCUT2D eigenvalue weighted by atomic mass is 10.2. The summed E-state index contributed by atoms with van der Waals surface area (Å²) in [5, 5.41) is 0. The third-order valence-electron chi connectivity index (χ3n) is 3.12. The van der Waals surface area contributed by atoms with Crippen molar-refractivity contribution in [1.29, 1.82) is 0 Å². The Morgan fingerprint density at radius 3 is 1.41 bits per heavy atom. The molecule has 0 atom stereocenters. The van der Waals surface area contributed by atoms with Crippen LogP contribution in [0, 0.1) is 0 Å². The molecule has 0 unspecified atom stereocenters. The highest BCUT2D eigenvalue weighted by molar-refractivity contribution is 7.29. The van der Waals surface area contributed by atoms with Crippen molar-refractivity contribution in [3.63, 3.8) is 0 Å². The second-order valence-electron chi connectivity index (χ2n) is 4.53. The minimum atomic E-state index is 0.298. The third kappa shape index (κ3) is 4.85. The molecule has 0 aliphatic rings. The minimum absolute atomic E-state index is 0.298. The zero-order valence-corrected chi connectivity index (χ0v) is 14.6. The van der Waals surface area contributed by atoms with E-state index in [2.05, 4.69) is 60.7 Å². The highest BCUT2D eigenvalue weighted by atomic mass is 29.5. The Morgan fingerprint density at radius 1 is 0.588 bits per heavy atom.